The Morgan fingerprint density at radius 2 is 1.47 bits per heavy atom. The number of benzene rings is 4. The number of rotatable bonds is 9. The highest BCUT2D eigenvalue weighted by Crippen LogP contribution is 2.50. The van der Waals surface area contributed by atoms with Crippen molar-refractivity contribution in [1.29, 1.82) is 5.26 Å². The van der Waals surface area contributed by atoms with Crippen LogP contribution in [0.2, 0.25) is 0 Å². The van der Waals surface area contributed by atoms with Gasteiger partial charge < -0.3 is 0 Å². The van der Waals surface area contributed by atoms with E-state index in [2.05, 4.69) is 10.8 Å². The molecule has 1 aliphatic carbocycles. The van der Waals surface area contributed by atoms with Crippen molar-refractivity contribution in [3.8, 4) is 6.07 Å². The number of Topliss-reactive ketones (excluding diaryl/α,β-unsaturated/α-hetero) is 1. The molecule has 4 aromatic rings. The van der Waals surface area contributed by atoms with E-state index in [9.17, 15) is 22.7 Å². The standard InChI is InChI=1S/C35H34N2O4S2/c1-24-13-17-27(18-14-24)42(39)32-12-8-7-11-29(32)35(3,23-36)30-21-22-31(38)33(30)34(26-9-5-4-6-10-26)37-43(40,41)28-19-15-25(2)16-20-28/h4-20,30,33-34,37H,21-22H2,1-3H3/t30-,33+,34+,35-,42-/m0/s1. The normalized spacial score (nSPS) is 19.7. The van der Waals surface area contributed by atoms with Gasteiger partial charge in [0, 0.05) is 22.1 Å². The summed E-state index contributed by atoms with van der Waals surface area (Å²) in [7, 11) is -5.59. The van der Waals surface area contributed by atoms with Gasteiger partial charge in [0.1, 0.15) is 5.78 Å². The summed E-state index contributed by atoms with van der Waals surface area (Å²) in [6, 6.07) is 31.8. The molecule has 6 nitrogen and oxygen atoms in total. The molecule has 4 aromatic carbocycles. The zero-order valence-corrected chi connectivity index (χ0v) is 26.0. The average Bonchev–Trinajstić information content (AvgIpc) is 3.41. The van der Waals surface area contributed by atoms with Crippen molar-refractivity contribution in [2.45, 2.75) is 59.8 Å². The minimum atomic E-state index is -4.02. The second-order valence-electron chi connectivity index (χ2n) is 11.4. The lowest BCUT2D eigenvalue weighted by atomic mass is 9.66. The van der Waals surface area contributed by atoms with Crippen molar-refractivity contribution in [3.63, 3.8) is 0 Å². The molecule has 1 saturated carbocycles. The Hall–Kier alpha value is -3.90. The number of aryl methyl sites for hydroxylation is 2. The lowest BCUT2D eigenvalue weighted by molar-refractivity contribution is -0.122. The number of sulfonamides is 1. The highest BCUT2D eigenvalue weighted by atomic mass is 32.2. The number of hydrogen-bond donors (Lipinski definition) is 1. The van der Waals surface area contributed by atoms with Gasteiger partial charge in [-0.15, -0.1) is 0 Å². The molecular formula is C35H34N2O4S2. The molecular weight excluding hydrogens is 577 g/mol. The van der Waals surface area contributed by atoms with Gasteiger partial charge in [-0.2, -0.15) is 5.26 Å². The van der Waals surface area contributed by atoms with Gasteiger partial charge in [0.25, 0.3) is 0 Å². The predicted octanol–water partition coefficient (Wildman–Crippen LogP) is 6.57. The van der Waals surface area contributed by atoms with Crippen LogP contribution in [0.4, 0.5) is 0 Å². The first-order chi connectivity index (χ1) is 20.5. The maximum Gasteiger partial charge on any atom is 0.241 e. The first-order valence-electron chi connectivity index (χ1n) is 14.2. The van der Waals surface area contributed by atoms with Crippen LogP contribution >= 0.6 is 0 Å². The molecule has 0 unspecified atom stereocenters. The topological polar surface area (TPSA) is 104 Å². The molecule has 220 valence electrons. The molecule has 0 heterocycles. The third kappa shape index (κ3) is 6.12. The third-order valence-electron chi connectivity index (χ3n) is 8.49. The van der Waals surface area contributed by atoms with Gasteiger partial charge in [-0.05, 0) is 74.6 Å². The summed E-state index contributed by atoms with van der Waals surface area (Å²) in [6.45, 7) is 5.62. The Morgan fingerprint density at radius 1 is 0.884 bits per heavy atom. The molecule has 5 rings (SSSR count). The zero-order valence-electron chi connectivity index (χ0n) is 24.4. The third-order valence-corrected chi connectivity index (χ3v) is 11.4. The predicted molar refractivity (Wildman–Crippen MR) is 167 cm³/mol. The molecule has 5 atom stereocenters. The minimum absolute atomic E-state index is 0.0999. The van der Waals surface area contributed by atoms with E-state index in [-0.39, 0.29) is 17.1 Å². The molecule has 0 spiro atoms. The van der Waals surface area contributed by atoms with Crippen molar-refractivity contribution < 1.29 is 17.4 Å². The van der Waals surface area contributed by atoms with Crippen LogP contribution < -0.4 is 4.72 Å². The smallest absolute Gasteiger partial charge is 0.241 e. The molecule has 0 saturated heterocycles. The fraction of sp³-hybridized carbons (Fsp3) is 0.257. The monoisotopic (exact) mass is 610 g/mol. The van der Waals surface area contributed by atoms with E-state index < -0.39 is 44.1 Å². The Bertz CT molecular complexity index is 1800. The largest absolute Gasteiger partial charge is 0.299 e. The average molecular weight is 611 g/mol. The number of ketones is 1. The summed E-state index contributed by atoms with van der Waals surface area (Å²) in [6.07, 6.45) is 0.611. The lowest BCUT2D eigenvalue weighted by Crippen LogP contribution is -2.43. The van der Waals surface area contributed by atoms with Gasteiger partial charge >= 0.3 is 0 Å². The van der Waals surface area contributed by atoms with Gasteiger partial charge in [-0.25, -0.2) is 17.3 Å². The van der Waals surface area contributed by atoms with Crippen LogP contribution in [0.15, 0.2) is 118 Å². The summed E-state index contributed by atoms with van der Waals surface area (Å²) >= 11 is 0. The van der Waals surface area contributed by atoms with Crippen molar-refractivity contribution in [3.05, 3.63) is 125 Å². The number of nitriles is 1. The van der Waals surface area contributed by atoms with Gasteiger partial charge in [-0.3, -0.25) is 4.79 Å². The zero-order chi connectivity index (χ0) is 30.8. The highest BCUT2D eigenvalue weighted by molar-refractivity contribution is 7.89. The van der Waals surface area contributed by atoms with Crippen LogP contribution in [0.1, 0.15) is 48.1 Å². The van der Waals surface area contributed by atoms with Crippen LogP contribution in [-0.4, -0.2) is 18.4 Å². The Kier molecular flexibility index (Phi) is 8.79. The van der Waals surface area contributed by atoms with Crippen molar-refractivity contribution in [2.24, 2.45) is 11.8 Å². The molecule has 1 N–H and O–H groups in total. The van der Waals surface area contributed by atoms with Gasteiger partial charge in [0.15, 0.2) is 0 Å². The van der Waals surface area contributed by atoms with Crippen LogP contribution in [0.5, 0.6) is 0 Å². The van der Waals surface area contributed by atoms with Crippen LogP contribution in [0.25, 0.3) is 0 Å². The fourth-order valence-electron chi connectivity index (χ4n) is 6.09. The number of carbonyl (C=O) groups excluding carboxylic acids is 1. The molecule has 0 aliphatic heterocycles. The van der Waals surface area contributed by atoms with Crippen molar-refractivity contribution in [2.75, 3.05) is 0 Å². The Balaban J connectivity index is 1.60. The van der Waals surface area contributed by atoms with Gasteiger partial charge in [0.05, 0.1) is 33.2 Å². The molecule has 1 aliphatic rings. The summed E-state index contributed by atoms with van der Waals surface area (Å²) in [5, 5.41) is 10.8. The molecule has 0 aromatic heterocycles. The number of nitrogens with one attached hydrogen (secondary N) is 1. The van der Waals surface area contributed by atoms with Gasteiger partial charge in [-0.1, -0.05) is 83.9 Å². The quantitative estimate of drug-likeness (QED) is 0.231. The second kappa shape index (κ2) is 12.4. The minimum Gasteiger partial charge on any atom is -0.299 e. The maximum atomic E-state index is 13.9. The molecule has 0 bridgehead atoms. The lowest BCUT2D eigenvalue weighted by Gasteiger charge is -2.37. The van der Waals surface area contributed by atoms with Crippen LogP contribution in [0, 0.1) is 37.0 Å². The maximum absolute atomic E-state index is 13.9. The first-order valence-corrected chi connectivity index (χ1v) is 16.8. The Morgan fingerprint density at radius 3 is 2.09 bits per heavy atom. The summed E-state index contributed by atoms with van der Waals surface area (Å²) in [4.78, 5) is 14.9. The second-order valence-corrected chi connectivity index (χ2v) is 14.5. The number of hydrogen-bond acceptors (Lipinski definition) is 5. The van der Waals surface area contributed by atoms with E-state index in [4.69, 9.17) is 0 Å². The van der Waals surface area contributed by atoms with Crippen LogP contribution in [-0.2, 0) is 31.0 Å². The van der Waals surface area contributed by atoms with E-state index in [1.807, 2.05) is 44.2 Å². The molecule has 0 radical (unpaired) electrons. The fourth-order valence-corrected chi connectivity index (χ4v) is 8.65. The first kappa shape index (κ1) is 30.6. The Labute approximate surface area is 256 Å². The van der Waals surface area contributed by atoms with Crippen molar-refractivity contribution >= 4 is 26.6 Å². The number of carbonyl (C=O) groups is 1. The van der Waals surface area contributed by atoms with Gasteiger partial charge in [0.2, 0.25) is 10.0 Å². The molecule has 8 heteroatoms. The molecule has 1 fully saturated rings. The van der Waals surface area contributed by atoms with E-state index in [0.29, 0.717) is 27.3 Å². The van der Waals surface area contributed by atoms with E-state index in [0.717, 1.165) is 11.1 Å². The summed E-state index contributed by atoms with van der Waals surface area (Å²) in [5.41, 5.74) is 1.95. The van der Waals surface area contributed by atoms with Crippen molar-refractivity contribution in [1.82, 2.24) is 4.72 Å². The molecule has 43 heavy (non-hydrogen) atoms. The van der Waals surface area contributed by atoms with E-state index in [1.165, 1.54) is 0 Å². The van der Waals surface area contributed by atoms with E-state index in [1.54, 1.807) is 79.7 Å². The van der Waals surface area contributed by atoms with Crippen LogP contribution in [0.3, 0.4) is 0 Å². The SMILES string of the molecule is Cc1ccc([S@](=O)c2ccccc2[C@](C)(C#N)[C@H]2CCC(=O)[C@@H]2[C@H](NS(=O)(=O)c2ccc(C)cc2)c2ccccc2)cc1. The summed E-state index contributed by atoms with van der Waals surface area (Å²) in [5.74, 6) is -1.48. The molecule has 0 amide bonds. The van der Waals surface area contributed by atoms with E-state index >= 15 is 0 Å². The highest BCUT2D eigenvalue weighted by Gasteiger charge is 2.52. The summed E-state index contributed by atoms with van der Waals surface area (Å²) < 4.78 is 44.1. The number of nitrogens with zero attached hydrogens (tertiary/aromatic N) is 1.